The van der Waals surface area contributed by atoms with Crippen LogP contribution < -0.4 is 10.5 Å². The summed E-state index contributed by atoms with van der Waals surface area (Å²) in [5, 5.41) is 0. The molecule has 0 radical (unpaired) electrons. The quantitative estimate of drug-likeness (QED) is 0.783. The molecule has 2 N–H and O–H groups in total. The predicted octanol–water partition coefficient (Wildman–Crippen LogP) is 1.59. The van der Waals surface area contributed by atoms with Crippen LogP contribution in [0.15, 0.2) is 6.20 Å². The van der Waals surface area contributed by atoms with Crippen LogP contribution in [0.25, 0.3) is 0 Å². The second kappa shape index (κ2) is 3.25. The van der Waals surface area contributed by atoms with Gasteiger partial charge in [0.15, 0.2) is 0 Å². The maximum atomic E-state index is 5.70. The summed E-state index contributed by atoms with van der Waals surface area (Å²) in [4.78, 5) is 4.01. The number of aryl methyl sites for hydroxylation is 1. The third-order valence-corrected chi connectivity index (χ3v) is 2.81. The molecule has 60 valence electrons. The van der Waals surface area contributed by atoms with Crippen molar-refractivity contribution >= 4 is 28.3 Å². The first-order chi connectivity index (χ1) is 5.16. The molecule has 0 bridgehead atoms. The molecule has 0 aliphatic rings. The van der Waals surface area contributed by atoms with Crippen molar-refractivity contribution < 1.29 is 4.74 Å². The molecule has 1 rings (SSSR count). The van der Waals surface area contributed by atoms with E-state index in [0.29, 0.717) is 11.6 Å². The van der Waals surface area contributed by atoms with Gasteiger partial charge in [0, 0.05) is 9.77 Å². The summed E-state index contributed by atoms with van der Waals surface area (Å²) in [6.45, 7) is 1.96. The third-order valence-electron chi connectivity index (χ3n) is 1.38. The molecule has 0 aliphatic heterocycles. The fraction of sp³-hybridized carbons (Fsp3) is 0.286. The molecule has 0 saturated heterocycles. The van der Waals surface area contributed by atoms with Gasteiger partial charge in [0.2, 0.25) is 5.88 Å². The highest BCUT2D eigenvalue weighted by atomic mass is 127. The van der Waals surface area contributed by atoms with Crippen LogP contribution in [0.5, 0.6) is 5.88 Å². The summed E-state index contributed by atoms with van der Waals surface area (Å²) in [5.74, 6) is 0.500. The highest BCUT2D eigenvalue weighted by Crippen LogP contribution is 2.25. The monoisotopic (exact) mass is 264 g/mol. The molecule has 0 atom stereocenters. The number of hydrogen-bond donors (Lipinski definition) is 1. The van der Waals surface area contributed by atoms with Gasteiger partial charge in [0.1, 0.15) is 5.69 Å². The predicted molar refractivity (Wildman–Crippen MR) is 52.7 cm³/mol. The van der Waals surface area contributed by atoms with E-state index in [-0.39, 0.29) is 0 Å². The first-order valence-electron chi connectivity index (χ1n) is 3.11. The number of ether oxygens (including phenoxy) is 1. The number of aromatic nitrogens is 1. The zero-order valence-electron chi connectivity index (χ0n) is 6.39. The van der Waals surface area contributed by atoms with Gasteiger partial charge in [0.25, 0.3) is 0 Å². The van der Waals surface area contributed by atoms with Crippen molar-refractivity contribution in [1.82, 2.24) is 4.98 Å². The number of halogens is 1. The maximum absolute atomic E-state index is 5.70. The molecule has 0 aromatic carbocycles. The Kier molecular flexibility index (Phi) is 2.53. The molecule has 0 spiro atoms. The Hall–Kier alpha value is -0.520. The lowest BCUT2D eigenvalue weighted by molar-refractivity contribution is 0.400. The molecular formula is C7H9IN2O. The Balaban J connectivity index is 3.25. The fourth-order valence-corrected chi connectivity index (χ4v) is 1.12. The zero-order chi connectivity index (χ0) is 8.43. The second-order valence-electron chi connectivity index (χ2n) is 2.18. The minimum atomic E-state index is 0.500. The Bertz CT molecular complexity index is 275. The Morgan fingerprint density at radius 3 is 2.82 bits per heavy atom. The zero-order valence-corrected chi connectivity index (χ0v) is 8.55. The van der Waals surface area contributed by atoms with E-state index in [1.807, 2.05) is 6.92 Å². The van der Waals surface area contributed by atoms with Gasteiger partial charge < -0.3 is 10.5 Å². The Labute approximate surface area is 79.1 Å². The summed E-state index contributed by atoms with van der Waals surface area (Å²) in [7, 11) is 1.56. The van der Waals surface area contributed by atoms with Crippen molar-refractivity contribution in [2.45, 2.75) is 6.92 Å². The third kappa shape index (κ3) is 1.55. The van der Waals surface area contributed by atoms with Crippen molar-refractivity contribution in [2.75, 3.05) is 12.8 Å². The van der Waals surface area contributed by atoms with Crippen LogP contribution in [0.3, 0.4) is 0 Å². The summed E-state index contributed by atoms with van der Waals surface area (Å²) < 4.78 is 5.95. The summed E-state index contributed by atoms with van der Waals surface area (Å²) in [6.07, 6.45) is 1.75. The molecule has 1 aromatic heterocycles. The minimum Gasteiger partial charge on any atom is -0.480 e. The van der Waals surface area contributed by atoms with Crippen LogP contribution in [-0.2, 0) is 0 Å². The standard InChI is InChI=1S/C7H9IN2O/c1-4-3-10-7(11-2)6(9)5(4)8/h3H,9H2,1-2H3. The van der Waals surface area contributed by atoms with Crippen LogP contribution in [0.4, 0.5) is 5.69 Å². The first kappa shape index (κ1) is 8.58. The lowest BCUT2D eigenvalue weighted by atomic mass is 10.3. The van der Waals surface area contributed by atoms with Gasteiger partial charge in [0.05, 0.1) is 7.11 Å². The molecular weight excluding hydrogens is 255 g/mol. The highest BCUT2D eigenvalue weighted by Gasteiger charge is 2.06. The molecule has 0 saturated carbocycles. The number of hydrogen-bond acceptors (Lipinski definition) is 3. The van der Waals surface area contributed by atoms with Crippen molar-refractivity contribution in [2.24, 2.45) is 0 Å². The van der Waals surface area contributed by atoms with Gasteiger partial charge in [-0.1, -0.05) is 0 Å². The molecule has 11 heavy (non-hydrogen) atoms. The molecule has 1 aromatic rings. The largest absolute Gasteiger partial charge is 0.480 e. The van der Waals surface area contributed by atoms with Crippen molar-refractivity contribution in [3.8, 4) is 5.88 Å². The van der Waals surface area contributed by atoms with Gasteiger partial charge in [-0.15, -0.1) is 0 Å². The molecule has 3 nitrogen and oxygen atoms in total. The lowest BCUT2D eigenvalue weighted by Gasteiger charge is -2.05. The van der Waals surface area contributed by atoms with Crippen molar-refractivity contribution in [3.05, 3.63) is 15.3 Å². The maximum Gasteiger partial charge on any atom is 0.237 e. The van der Waals surface area contributed by atoms with Gasteiger partial charge in [-0.2, -0.15) is 0 Å². The van der Waals surface area contributed by atoms with E-state index < -0.39 is 0 Å². The summed E-state index contributed by atoms with van der Waals surface area (Å²) >= 11 is 2.17. The van der Waals surface area contributed by atoms with Crippen LogP contribution in [-0.4, -0.2) is 12.1 Å². The fourth-order valence-electron chi connectivity index (χ4n) is 0.751. The van der Waals surface area contributed by atoms with Crippen LogP contribution >= 0.6 is 22.6 Å². The van der Waals surface area contributed by atoms with E-state index in [4.69, 9.17) is 10.5 Å². The van der Waals surface area contributed by atoms with Crippen LogP contribution in [0, 0.1) is 10.5 Å². The number of nitrogens with zero attached hydrogens (tertiary/aromatic N) is 1. The van der Waals surface area contributed by atoms with Crippen molar-refractivity contribution in [3.63, 3.8) is 0 Å². The second-order valence-corrected chi connectivity index (χ2v) is 3.26. The van der Waals surface area contributed by atoms with Crippen molar-refractivity contribution in [1.29, 1.82) is 0 Å². The molecule has 4 heteroatoms. The Morgan fingerprint density at radius 1 is 1.64 bits per heavy atom. The minimum absolute atomic E-state index is 0.500. The SMILES string of the molecule is COc1ncc(C)c(I)c1N. The van der Waals surface area contributed by atoms with Gasteiger partial charge >= 0.3 is 0 Å². The molecule has 1 heterocycles. The van der Waals surface area contributed by atoms with Crippen LogP contribution in [0.1, 0.15) is 5.56 Å². The van der Waals surface area contributed by atoms with Gasteiger partial charge in [-0.3, -0.25) is 0 Å². The van der Waals surface area contributed by atoms with E-state index in [9.17, 15) is 0 Å². The number of anilines is 1. The summed E-state index contributed by atoms with van der Waals surface area (Å²) in [6, 6.07) is 0. The molecule has 0 unspecified atom stereocenters. The van der Waals surface area contributed by atoms with Gasteiger partial charge in [-0.25, -0.2) is 4.98 Å². The van der Waals surface area contributed by atoms with E-state index in [0.717, 1.165) is 9.13 Å². The van der Waals surface area contributed by atoms with Gasteiger partial charge in [-0.05, 0) is 35.1 Å². The van der Waals surface area contributed by atoms with E-state index in [1.165, 1.54) is 0 Å². The van der Waals surface area contributed by atoms with E-state index >= 15 is 0 Å². The number of nitrogens with two attached hydrogens (primary N) is 1. The smallest absolute Gasteiger partial charge is 0.237 e. The van der Waals surface area contributed by atoms with E-state index in [1.54, 1.807) is 13.3 Å². The first-order valence-corrected chi connectivity index (χ1v) is 4.19. The number of rotatable bonds is 1. The number of methoxy groups -OCH3 is 1. The number of pyridine rings is 1. The average molecular weight is 264 g/mol. The Morgan fingerprint density at radius 2 is 2.27 bits per heavy atom. The van der Waals surface area contributed by atoms with E-state index in [2.05, 4.69) is 27.6 Å². The number of nitrogen functional groups attached to an aromatic ring is 1. The topological polar surface area (TPSA) is 48.1 Å². The summed E-state index contributed by atoms with van der Waals surface area (Å²) in [5.41, 5.74) is 7.39. The van der Waals surface area contributed by atoms with Crippen LogP contribution in [0.2, 0.25) is 0 Å². The molecule has 0 aliphatic carbocycles. The average Bonchev–Trinajstić information content (AvgIpc) is 2.01. The highest BCUT2D eigenvalue weighted by molar-refractivity contribution is 14.1. The molecule has 0 amide bonds. The molecule has 0 fully saturated rings. The lowest BCUT2D eigenvalue weighted by Crippen LogP contribution is -1.99. The normalized spacial score (nSPS) is 9.73.